The van der Waals surface area contributed by atoms with E-state index in [-0.39, 0.29) is 6.42 Å². The SMILES string of the molecule is CC[C@H](C(=O)Nc1nnc(SCC(C)C)s1)N(c1cc(Cl)ccc1C)S(C)(=O)=O. The number of nitrogens with one attached hydrogen (secondary N) is 1. The van der Waals surface area contributed by atoms with E-state index in [1.54, 1.807) is 43.8 Å². The topological polar surface area (TPSA) is 92.3 Å². The van der Waals surface area contributed by atoms with Crippen LogP contribution in [0.2, 0.25) is 5.02 Å². The lowest BCUT2D eigenvalue weighted by Gasteiger charge is -2.31. The van der Waals surface area contributed by atoms with Crippen molar-refractivity contribution in [2.24, 2.45) is 5.92 Å². The second-order valence-corrected chi connectivity index (χ2v) is 11.5. The minimum absolute atomic E-state index is 0.276. The van der Waals surface area contributed by atoms with E-state index in [0.717, 1.165) is 20.7 Å². The molecule has 11 heteroatoms. The summed E-state index contributed by atoms with van der Waals surface area (Å²) in [5.74, 6) is 0.945. The van der Waals surface area contributed by atoms with Crippen LogP contribution in [0.25, 0.3) is 0 Å². The van der Waals surface area contributed by atoms with Crippen molar-refractivity contribution in [3.05, 3.63) is 28.8 Å². The van der Waals surface area contributed by atoms with Crippen molar-refractivity contribution in [2.45, 2.75) is 44.5 Å². The lowest BCUT2D eigenvalue weighted by molar-refractivity contribution is -0.117. The molecule has 1 aromatic carbocycles. The van der Waals surface area contributed by atoms with Crippen LogP contribution in [0.1, 0.15) is 32.8 Å². The summed E-state index contributed by atoms with van der Waals surface area (Å²) in [5.41, 5.74) is 1.09. The molecular weight excluding hydrogens is 452 g/mol. The van der Waals surface area contributed by atoms with Crippen molar-refractivity contribution in [1.29, 1.82) is 0 Å². The summed E-state index contributed by atoms with van der Waals surface area (Å²) in [6, 6.07) is 4.01. The molecule has 1 heterocycles. The van der Waals surface area contributed by atoms with Gasteiger partial charge in [-0.25, -0.2) is 8.42 Å². The van der Waals surface area contributed by atoms with E-state index < -0.39 is 22.0 Å². The first-order valence-corrected chi connectivity index (χ1v) is 13.1. The normalized spacial score (nSPS) is 12.8. The maximum absolute atomic E-state index is 13.0. The van der Waals surface area contributed by atoms with E-state index in [4.69, 9.17) is 11.6 Å². The van der Waals surface area contributed by atoms with E-state index in [1.807, 2.05) is 0 Å². The highest BCUT2D eigenvalue weighted by Gasteiger charge is 2.33. The first-order valence-electron chi connectivity index (χ1n) is 9.05. The summed E-state index contributed by atoms with van der Waals surface area (Å²) >= 11 is 8.93. The van der Waals surface area contributed by atoms with Crippen molar-refractivity contribution in [1.82, 2.24) is 10.2 Å². The number of nitrogens with zero attached hydrogens (tertiary/aromatic N) is 3. The van der Waals surface area contributed by atoms with Gasteiger partial charge in [0.1, 0.15) is 6.04 Å². The Morgan fingerprint density at radius 2 is 2.03 bits per heavy atom. The van der Waals surface area contributed by atoms with Crippen LogP contribution >= 0.6 is 34.7 Å². The molecule has 0 aliphatic heterocycles. The minimum Gasteiger partial charge on any atom is -0.299 e. The molecule has 0 saturated carbocycles. The predicted molar refractivity (Wildman–Crippen MR) is 122 cm³/mol. The minimum atomic E-state index is -3.74. The summed E-state index contributed by atoms with van der Waals surface area (Å²) in [6.07, 6.45) is 1.35. The monoisotopic (exact) mass is 476 g/mol. The summed E-state index contributed by atoms with van der Waals surface area (Å²) in [5, 5.41) is 11.5. The molecule has 0 saturated heterocycles. The molecule has 2 rings (SSSR count). The molecule has 1 N–H and O–H groups in total. The average molecular weight is 477 g/mol. The number of hydrogen-bond acceptors (Lipinski definition) is 7. The Morgan fingerprint density at radius 1 is 1.34 bits per heavy atom. The van der Waals surface area contributed by atoms with Crippen LogP contribution in [0.5, 0.6) is 0 Å². The number of halogens is 1. The number of anilines is 2. The fraction of sp³-hybridized carbons (Fsp3) is 0.500. The molecule has 2 aromatic rings. The zero-order valence-electron chi connectivity index (χ0n) is 17.0. The number of hydrogen-bond donors (Lipinski definition) is 1. The Hall–Kier alpha value is -1.36. The lowest BCUT2D eigenvalue weighted by Crippen LogP contribution is -2.47. The van der Waals surface area contributed by atoms with Gasteiger partial charge in [-0.15, -0.1) is 10.2 Å². The quantitative estimate of drug-likeness (QED) is 0.425. The third-order valence-electron chi connectivity index (χ3n) is 3.92. The molecule has 0 fully saturated rings. The number of carbonyl (C=O) groups is 1. The summed E-state index contributed by atoms with van der Waals surface area (Å²) in [6.45, 7) is 7.75. The Labute approximate surface area is 185 Å². The van der Waals surface area contributed by atoms with Crippen LogP contribution in [0.15, 0.2) is 22.5 Å². The van der Waals surface area contributed by atoms with E-state index >= 15 is 0 Å². The maximum Gasteiger partial charge on any atom is 0.250 e. The first kappa shape index (κ1) is 23.9. The average Bonchev–Trinajstić information content (AvgIpc) is 3.06. The van der Waals surface area contributed by atoms with Crippen LogP contribution in [-0.4, -0.2) is 42.6 Å². The van der Waals surface area contributed by atoms with E-state index in [2.05, 4.69) is 29.4 Å². The van der Waals surface area contributed by atoms with Crippen molar-refractivity contribution in [3.63, 3.8) is 0 Å². The molecule has 7 nitrogen and oxygen atoms in total. The standard InChI is InChI=1S/C18H25ClN4O3S3/c1-6-14(16(24)20-17-21-22-18(28-17)27-10-11(2)3)23(29(5,25)26)15-9-13(19)8-7-12(15)4/h7-9,11,14H,6,10H2,1-5H3,(H,20,21,24)/t14-/m1/s1. The van der Waals surface area contributed by atoms with Gasteiger partial charge in [0.15, 0.2) is 4.34 Å². The third-order valence-corrected chi connectivity index (χ3v) is 7.71. The fourth-order valence-corrected chi connectivity index (χ4v) is 5.76. The van der Waals surface area contributed by atoms with Gasteiger partial charge < -0.3 is 0 Å². The highest BCUT2D eigenvalue weighted by molar-refractivity contribution is 8.01. The molecule has 0 radical (unpaired) electrons. The summed E-state index contributed by atoms with van der Waals surface area (Å²) < 4.78 is 27.0. The fourth-order valence-electron chi connectivity index (χ4n) is 2.60. The molecule has 160 valence electrons. The van der Waals surface area contributed by atoms with Crippen molar-refractivity contribution in [3.8, 4) is 0 Å². The second-order valence-electron chi connectivity index (χ2n) is 6.98. The molecule has 1 atom stereocenters. The third kappa shape index (κ3) is 6.56. The number of aromatic nitrogens is 2. The van der Waals surface area contributed by atoms with Crippen molar-refractivity contribution < 1.29 is 13.2 Å². The number of sulfonamides is 1. The van der Waals surface area contributed by atoms with Crippen LogP contribution in [-0.2, 0) is 14.8 Å². The van der Waals surface area contributed by atoms with E-state index in [0.29, 0.717) is 27.3 Å². The molecule has 0 aliphatic carbocycles. The van der Waals surface area contributed by atoms with Gasteiger partial charge in [0.25, 0.3) is 0 Å². The van der Waals surface area contributed by atoms with Gasteiger partial charge in [-0.2, -0.15) is 0 Å². The van der Waals surface area contributed by atoms with E-state index in [1.165, 1.54) is 11.3 Å². The van der Waals surface area contributed by atoms with Gasteiger partial charge in [-0.1, -0.05) is 61.5 Å². The molecule has 0 bridgehead atoms. The highest BCUT2D eigenvalue weighted by Crippen LogP contribution is 2.31. The van der Waals surface area contributed by atoms with Crippen molar-refractivity contribution >= 4 is 61.4 Å². The van der Waals surface area contributed by atoms with Gasteiger partial charge in [-0.3, -0.25) is 14.4 Å². The molecule has 0 aliphatic rings. The van der Waals surface area contributed by atoms with Crippen LogP contribution in [0, 0.1) is 12.8 Å². The van der Waals surface area contributed by atoms with Gasteiger partial charge in [0.2, 0.25) is 21.1 Å². The number of amides is 1. The zero-order chi connectivity index (χ0) is 21.8. The van der Waals surface area contributed by atoms with Gasteiger partial charge in [-0.05, 0) is 37.0 Å². The Morgan fingerprint density at radius 3 is 2.62 bits per heavy atom. The summed E-state index contributed by atoms with van der Waals surface area (Å²) in [7, 11) is -3.74. The largest absolute Gasteiger partial charge is 0.299 e. The molecule has 1 amide bonds. The van der Waals surface area contributed by atoms with Crippen molar-refractivity contribution in [2.75, 3.05) is 21.6 Å². The van der Waals surface area contributed by atoms with E-state index in [9.17, 15) is 13.2 Å². The lowest BCUT2D eigenvalue weighted by atomic mass is 10.1. The van der Waals surface area contributed by atoms with Crippen LogP contribution in [0.4, 0.5) is 10.8 Å². The number of benzene rings is 1. The van der Waals surface area contributed by atoms with Gasteiger partial charge >= 0.3 is 0 Å². The van der Waals surface area contributed by atoms with Crippen LogP contribution < -0.4 is 9.62 Å². The Kier molecular flexibility index (Phi) is 8.33. The van der Waals surface area contributed by atoms with Gasteiger partial charge in [0.05, 0.1) is 11.9 Å². The molecular formula is C18H25ClN4O3S3. The molecule has 29 heavy (non-hydrogen) atoms. The number of rotatable bonds is 9. The second kappa shape index (κ2) is 10.1. The Balaban J connectivity index is 2.28. The number of carbonyl (C=O) groups excluding carboxylic acids is 1. The molecule has 1 aromatic heterocycles. The maximum atomic E-state index is 13.0. The zero-order valence-corrected chi connectivity index (χ0v) is 20.2. The smallest absolute Gasteiger partial charge is 0.250 e. The number of aryl methyl sites for hydroxylation is 1. The first-order chi connectivity index (χ1) is 13.5. The van der Waals surface area contributed by atoms with Crippen LogP contribution in [0.3, 0.4) is 0 Å². The Bertz CT molecular complexity index is 963. The molecule has 0 spiro atoms. The summed E-state index contributed by atoms with van der Waals surface area (Å²) in [4.78, 5) is 13.0. The van der Waals surface area contributed by atoms with Gasteiger partial charge in [0, 0.05) is 10.8 Å². The highest BCUT2D eigenvalue weighted by atomic mass is 35.5. The predicted octanol–water partition coefficient (Wildman–Crippen LogP) is 4.43. The number of thioether (sulfide) groups is 1. The molecule has 0 unspecified atom stereocenters.